The lowest BCUT2D eigenvalue weighted by Gasteiger charge is -2.33. The van der Waals surface area contributed by atoms with E-state index in [-0.39, 0.29) is 23.7 Å². The van der Waals surface area contributed by atoms with Crippen molar-refractivity contribution >= 4 is 15.7 Å². The van der Waals surface area contributed by atoms with E-state index in [4.69, 9.17) is 9.47 Å². The summed E-state index contributed by atoms with van der Waals surface area (Å²) >= 11 is 0. The van der Waals surface area contributed by atoms with Crippen LogP contribution in [0.15, 0.2) is 35.3 Å². The van der Waals surface area contributed by atoms with Gasteiger partial charge in [-0.05, 0) is 38.0 Å². The maximum atomic E-state index is 13.4. The Hall–Kier alpha value is -2.43. The summed E-state index contributed by atoms with van der Waals surface area (Å²) in [4.78, 5) is 15.3. The predicted molar refractivity (Wildman–Crippen MR) is 128 cm³/mol. The number of nitrogens with zero attached hydrogens (tertiary/aromatic N) is 3. The van der Waals surface area contributed by atoms with Gasteiger partial charge in [-0.2, -0.15) is 18.2 Å². The predicted octanol–water partition coefficient (Wildman–Crippen LogP) is 0.791. The first-order chi connectivity index (χ1) is 15.9. The van der Waals surface area contributed by atoms with Crippen molar-refractivity contribution in [1.82, 2.24) is 9.78 Å². The van der Waals surface area contributed by atoms with E-state index in [0.717, 1.165) is 12.0 Å². The van der Waals surface area contributed by atoms with Crippen molar-refractivity contribution in [2.75, 3.05) is 56.7 Å². The third-order valence-corrected chi connectivity index (χ3v) is 7.82. The highest BCUT2D eigenvalue weighted by molar-refractivity contribution is 7.85. The number of aryl methyl sites for hydroxylation is 1. The highest BCUT2D eigenvalue weighted by atomic mass is 32.2. The zero-order valence-electron chi connectivity index (χ0n) is 19.7. The number of ether oxygens (including phenoxy) is 2. The van der Waals surface area contributed by atoms with Crippen molar-refractivity contribution in [2.24, 2.45) is 0 Å². The molecule has 0 aliphatic carbocycles. The van der Waals surface area contributed by atoms with Crippen LogP contribution in [0.25, 0.3) is 5.69 Å². The molecule has 10 heteroatoms. The molecule has 0 unspecified atom stereocenters. The number of nitrogens with one attached hydrogen (secondary N) is 1. The second kappa shape index (κ2) is 11.6. The third kappa shape index (κ3) is 6.33. The fourth-order valence-electron chi connectivity index (χ4n) is 3.87. The molecule has 0 radical (unpaired) electrons. The second-order valence-electron chi connectivity index (χ2n) is 8.16. The van der Waals surface area contributed by atoms with Crippen molar-refractivity contribution in [3.05, 3.63) is 46.4 Å². The lowest BCUT2D eigenvalue weighted by atomic mass is 10.2. The number of sulfonamides is 1. The Balaban J connectivity index is 1.85. The van der Waals surface area contributed by atoms with E-state index in [1.165, 1.54) is 4.68 Å². The number of anilines is 1. The number of unbranched alkanes of at least 4 members (excludes halogenated alkanes) is 1. The minimum Gasteiger partial charge on any atom is -0.484 e. The SMILES string of the molecule is CCCCS(=O)(=O)[NH+]1CCN(c2cnn(-c3cccc(C)c3)c(=O)c2OCCOCC)CC1. The van der Waals surface area contributed by atoms with Crippen LogP contribution in [0.5, 0.6) is 5.75 Å². The van der Waals surface area contributed by atoms with Gasteiger partial charge in [0.05, 0.1) is 31.6 Å². The lowest BCUT2D eigenvalue weighted by molar-refractivity contribution is -0.768. The fourth-order valence-corrected chi connectivity index (χ4v) is 5.63. The van der Waals surface area contributed by atoms with Gasteiger partial charge in [-0.1, -0.05) is 25.5 Å². The molecule has 0 amide bonds. The molecular weight excluding hydrogens is 444 g/mol. The molecule has 2 aromatic rings. The van der Waals surface area contributed by atoms with Crippen LogP contribution < -0.4 is 19.5 Å². The van der Waals surface area contributed by atoms with Gasteiger partial charge in [-0.3, -0.25) is 4.79 Å². The van der Waals surface area contributed by atoms with Gasteiger partial charge in [-0.25, -0.2) is 4.31 Å². The van der Waals surface area contributed by atoms with Gasteiger partial charge in [0.25, 0.3) is 10.0 Å². The summed E-state index contributed by atoms with van der Waals surface area (Å²) in [7, 11) is -3.18. The minimum absolute atomic E-state index is 0.207. The normalized spacial score (nSPS) is 15.1. The fraction of sp³-hybridized carbons (Fsp3) is 0.565. The monoisotopic (exact) mass is 479 g/mol. The van der Waals surface area contributed by atoms with Crippen LogP contribution in [-0.4, -0.2) is 70.0 Å². The number of aromatic nitrogens is 2. The topological polar surface area (TPSA) is 95.2 Å². The van der Waals surface area contributed by atoms with Crippen molar-refractivity contribution < 1.29 is 22.2 Å². The Bertz CT molecular complexity index is 1080. The first-order valence-electron chi connectivity index (χ1n) is 11.6. The molecule has 33 heavy (non-hydrogen) atoms. The van der Waals surface area contributed by atoms with Crippen LogP contribution in [0.4, 0.5) is 5.69 Å². The van der Waals surface area contributed by atoms with Crippen LogP contribution in [0.2, 0.25) is 0 Å². The molecule has 0 bridgehead atoms. The average Bonchev–Trinajstić information content (AvgIpc) is 2.81. The number of quaternary nitrogens is 1. The summed E-state index contributed by atoms with van der Waals surface area (Å²) in [5.74, 6) is 0.419. The van der Waals surface area contributed by atoms with E-state index >= 15 is 0 Å². The maximum Gasteiger partial charge on any atom is 0.316 e. The number of hydrogen-bond acceptors (Lipinski definition) is 7. The molecule has 0 spiro atoms. The molecule has 9 nitrogen and oxygen atoms in total. The maximum absolute atomic E-state index is 13.4. The van der Waals surface area contributed by atoms with Crippen LogP contribution >= 0.6 is 0 Å². The number of benzene rings is 1. The number of hydrogen-bond donors (Lipinski definition) is 1. The molecule has 1 aromatic heterocycles. The van der Waals surface area contributed by atoms with Gasteiger partial charge < -0.3 is 14.4 Å². The number of piperazine rings is 1. The third-order valence-electron chi connectivity index (χ3n) is 5.71. The summed E-state index contributed by atoms with van der Waals surface area (Å²) in [5, 5.41) is 4.40. The lowest BCUT2D eigenvalue weighted by Crippen LogP contribution is -3.16. The van der Waals surface area contributed by atoms with Crippen molar-refractivity contribution in [3.8, 4) is 11.4 Å². The van der Waals surface area contributed by atoms with E-state index in [1.807, 2.05) is 49.9 Å². The molecule has 1 N–H and O–H groups in total. The van der Waals surface area contributed by atoms with Crippen LogP contribution in [-0.2, 0) is 14.8 Å². The molecule has 1 aliphatic heterocycles. The highest BCUT2D eigenvalue weighted by Gasteiger charge is 2.32. The van der Waals surface area contributed by atoms with Gasteiger partial charge in [0, 0.05) is 6.61 Å². The summed E-state index contributed by atoms with van der Waals surface area (Å²) in [6.45, 7) is 8.92. The molecule has 182 valence electrons. The molecular formula is C23H35N4O5S+. The van der Waals surface area contributed by atoms with Crippen LogP contribution in [0, 0.1) is 6.92 Å². The Morgan fingerprint density at radius 2 is 1.91 bits per heavy atom. The first kappa shape index (κ1) is 25.2. The quantitative estimate of drug-likeness (QED) is 0.476. The van der Waals surface area contributed by atoms with Crippen molar-refractivity contribution in [2.45, 2.75) is 33.6 Å². The van der Waals surface area contributed by atoms with Gasteiger partial charge in [0.2, 0.25) is 5.75 Å². The molecule has 0 atom stereocenters. The standard InChI is InChI=1S/C23H34N4O5S/c1-4-6-16-33(29,30)26-12-10-25(11-13-26)21-18-24-27(20-9-7-8-19(3)17-20)23(28)22(21)32-15-14-31-5-2/h7-9,17-18H,4-6,10-16H2,1-3H3/p+1. The van der Waals surface area contributed by atoms with Gasteiger partial charge in [0.1, 0.15) is 31.1 Å². The smallest absolute Gasteiger partial charge is 0.316 e. The van der Waals surface area contributed by atoms with E-state index < -0.39 is 10.0 Å². The van der Waals surface area contributed by atoms with Gasteiger partial charge in [0.15, 0.2) is 0 Å². The largest absolute Gasteiger partial charge is 0.484 e. The Morgan fingerprint density at radius 3 is 2.58 bits per heavy atom. The highest BCUT2D eigenvalue weighted by Crippen LogP contribution is 2.24. The molecule has 1 aromatic carbocycles. The van der Waals surface area contributed by atoms with Crippen molar-refractivity contribution in [3.63, 3.8) is 0 Å². The van der Waals surface area contributed by atoms with Gasteiger partial charge in [-0.15, -0.1) is 0 Å². The van der Waals surface area contributed by atoms with E-state index in [1.54, 1.807) is 6.20 Å². The Morgan fingerprint density at radius 1 is 1.15 bits per heavy atom. The van der Waals surface area contributed by atoms with Crippen LogP contribution in [0.1, 0.15) is 32.3 Å². The second-order valence-corrected chi connectivity index (χ2v) is 10.4. The Kier molecular flexibility index (Phi) is 8.87. The van der Waals surface area contributed by atoms with E-state index in [9.17, 15) is 13.2 Å². The average molecular weight is 480 g/mol. The molecule has 1 saturated heterocycles. The molecule has 0 saturated carbocycles. The van der Waals surface area contributed by atoms with Crippen LogP contribution in [0.3, 0.4) is 0 Å². The minimum atomic E-state index is -3.18. The Labute approximate surface area is 196 Å². The zero-order valence-corrected chi connectivity index (χ0v) is 20.6. The number of rotatable bonds is 11. The first-order valence-corrected chi connectivity index (χ1v) is 13.2. The summed E-state index contributed by atoms with van der Waals surface area (Å²) in [6, 6.07) is 7.55. The molecule has 1 fully saturated rings. The van der Waals surface area contributed by atoms with E-state index in [2.05, 4.69) is 5.10 Å². The van der Waals surface area contributed by atoms with E-state index in [0.29, 0.717) is 61.5 Å². The summed E-state index contributed by atoms with van der Waals surface area (Å²) < 4.78 is 38.4. The van der Waals surface area contributed by atoms with Gasteiger partial charge >= 0.3 is 5.56 Å². The summed E-state index contributed by atoms with van der Waals surface area (Å²) in [6.07, 6.45) is 3.16. The summed E-state index contributed by atoms with van der Waals surface area (Å²) in [5.41, 5.74) is 1.93. The molecule has 3 rings (SSSR count). The van der Waals surface area contributed by atoms with Crippen molar-refractivity contribution in [1.29, 1.82) is 0 Å². The molecule has 2 heterocycles. The molecule has 1 aliphatic rings. The zero-order chi connectivity index (χ0) is 23.8.